The molecule has 1 aromatic carbocycles. The van der Waals surface area contributed by atoms with E-state index in [1.165, 1.54) is 14.2 Å². The monoisotopic (exact) mass is 342 g/mol. The van der Waals surface area contributed by atoms with Gasteiger partial charge in [-0.15, -0.1) is 0 Å². The van der Waals surface area contributed by atoms with Gasteiger partial charge in [-0.05, 0) is 18.6 Å². The molecule has 0 saturated heterocycles. The third-order valence-electron chi connectivity index (χ3n) is 4.42. The zero-order chi connectivity index (χ0) is 18.6. The Balaban J connectivity index is 2.74. The van der Waals surface area contributed by atoms with Crippen LogP contribution in [0.2, 0.25) is 0 Å². The maximum absolute atomic E-state index is 12.4. The minimum atomic E-state index is -1.02. The Morgan fingerprint density at radius 3 is 2.40 bits per heavy atom. The van der Waals surface area contributed by atoms with Gasteiger partial charge in [-0.3, -0.25) is 14.6 Å². The van der Waals surface area contributed by atoms with E-state index in [1.54, 1.807) is 31.2 Å². The number of hydrogen-bond acceptors (Lipinski definition) is 7. The van der Waals surface area contributed by atoms with Crippen molar-refractivity contribution in [2.75, 3.05) is 14.2 Å². The van der Waals surface area contributed by atoms with Crippen LogP contribution in [0.4, 0.5) is 0 Å². The number of hydrogen-bond donors (Lipinski definition) is 0. The van der Waals surface area contributed by atoms with Crippen molar-refractivity contribution in [2.45, 2.75) is 18.9 Å². The normalized spacial score (nSPS) is 25.3. The second-order valence-electron chi connectivity index (χ2n) is 5.67. The fourth-order valence-electron chi connectivity index (χ4n) is 3.32. The standard InChI is InChI=1S/C18H18N2O5/c1-10-14(17(22)24-2)15(12-7-5-4-6-11(12)8-19)16(18(23)25-3)13(9-21)20-10/h4-7,9,13-16H,1-3H3. The molecule has 1 aliphatic heterocycles. The predicted octanol–water partition coefficient (Wildman–Crippen LogP) is 1.26. The van der Waals surface area contributed by atoms with Crippen LogP contribution in [-0.4, -0.2) is 44.2 Å². The molecule has 4 unspecified atom stereocenters. The highest BCUT2D eigenvalue weighted by atomic mass is 16.5. The molecule has 0 saturated carbocycles. The van der Waals surface area contributed by atoms with Gasteiger partial charge in [0.05, 0.1) is 31.8 Å². The Morgan fingerprint density at radius 2 is 1.84 bits per heavy atom. The minimum absolute atomic E-state index is 0.314. The van der Waals surface area contributed by atoms with Gasteiger partial charge >= 0.3 is 11.9 Å². The zero-order valence-electron chi connectivity index (χ0n) is 14.1. The van der Waals surface area contributed by atoms with Crippen molar-refractivity contribution in [3.63, 3.8) is 0 Å². The molecule has 2 rings (SSSR count). The molecule has 1 aliphatic rings. The molecule has 7 nitrogen and oxygen atoms in total. The maximum atomic E-state index is 12.4. The summed E-state index contributed by atoms with van der Waals surface area (Å²) in [5.41, 5.74) is 1.17. The summed E-state index contributed by atoms with van der Waals surface area (Å²) < 4.78 is 9.71. The summed E-state index contributed by atoms with van der Waals surface area (Å²) in [5, 5.41) is 9.42. The van der Waals surface area contributed by atoms with Crippen LogP contribution in [0.5, 0.6) is 0 Å². The maximum Gasteiger partial charge on any atom is 0.315 e. The number of carbonyl (C=O) groups is 3. The number of aldehydes is 1. The van der Waals surface area contributed by atoms with Gasteiger partial charge in [0.1, 0.15) is 18.2 Å². The third-order valence-corrected chi connectivity index (χ3v) is 4.42. The number of rotatable bonds is 4. The fraction of sp³-hybridized carbons (Fsp3) is 0.389. The number of carbonyl (C=O) groups excluding carboxylic acids is 3. The largest absolute Gasteiger partial charge is 0.469 e. The lowest BCUT2D eigenvalue weighted by Gasteiger charge is -2.37. The van der Waals surface area contributed by atoms with E-state index >= 15 is 0 Å². The Kier molecular flexibility index (Phi) is 5.65. The van der Waals surface area contributed by atoms with Crippen LogP contribution in [0.25, 0.3) is 0 Å². The molecule has 1 heterocycles. The highest BCUT2D eigenvalue weighted by Gasteiger charge is 2.49. The molecular formula is C18H18N2O5. The molecule has 0 N–H and O–H groups in total. The van der Waals surface area contributed by atoms with Crippen LogP contribution in [-0.2, 0) is 23.9 Å². The van der Waals surface area contributed by atoms with Crippen LogP contribution in [0.3, 0.4) is 0 Å². The van der Waals surface area contributed by atoms with Crippen molar-refractivity contribution in [2.24, 2.45) is 16.8 Å². The highest BCUT2D eigenvalue weighted by molar-refractivity contribution is 6.04. The first-order valence-electron chi connectivity index (χ1n) is 7.64. The van der Waals surface area contributed by atoms with Crippen molar-refractivity contribution >= 4 is 23.9 Å². The molecule has 25 heavy (non-hydrogen) atoms. The first-order chi connectivity index (χ1) is 12.0. The van der Waals surface area contributed by atoms with Gasteiger partial charge in [0.2, 0.25) is 0 Å². The lowest BCUT2D eigenvalue weighted by atomic mass is 9.69. The van der Waals surface area contributed by atoms with Gasteiger partial charge in [-0.25, -0.2) is 0 Å². The van der Waals surface area contributed by atoms with Gasteiger partial charge in [0, 0.05) is 11.6 Å². The molecule has 0 bridgehead atoms. The summed E-state index contributed by atoms with van der Waals surface area (Å²) in [6.45, 7) is 1.60. The average Bonchev–Trinajstić information content (AvgIpc) is 2.65. The molecule has 0 fully saturated rings. The van der Waals surface area contributed by atoms with E-state index in [4.69, 9.17) is 9.47 Å². The molecule has 0 aromatic heterocycles. The summed E-state index contributed by atoms with van der Waals surface area (Å²) in [4.78, 5) is 40.5. The summed E-state index contributed by atoms with van der Waals surface area (Å²) >= 11 is 0. The number of benzene rings is 1. The van der Waals surface area contributed by atoms with E-state index in [0.29, 0.717) is 23.1 Å². The van der Waals surface area contributed by atoms with Gasteiger partial charge in [0.25, 0.3) is 0 Å². The molecule has 0 amide bonds. The average molecular weight is 342 g/mol. The van der Waals surface area contributed by atoms with Crippen LogP contribution >= 0.6 is 0 Å². The van der Waals surface area contributed by atoms with E-state index in [1.807, 2.05) is 0 Å². The van der Waals surface area contributed by atoms with Gasteiger partial charge in [0.15, 0.2) is 0 Å². The highest BCUT2D eigenvalue weighted by Crippen LogP contribution is 2.41. The summed E-state index contributed by atoms with van der Waals surface area (Å²) in [6.07, 6.45) is 0.556. The number of ether oxygens (including phenoxy) is 2. The van der Waals surface area contributed by atoms with E-state index in [0.717, 1.165) is 0 Å². The Morgan fingerprint density at radius 1 is 1.20 bits per heavy atom. The molecular weight excluding hydrogens is 324 g/mol. The number of nitriles is 1. The lowest BCUT2D eigenvalue weighted by Crippen LogP contribution is -2.47. The number of nitrogens with zero attached hydrogens (tertiary/aromatic N) is 2. The van der Waals surface area contributed by atoms with Crippen molar-refractivity contribution in [1.29, 1.82) is 5.26 Å². The second kappa shape index (κ2) is 7.71. The first kappa shape index (κ1) is 18.3. The van der Waals surface area contributed by atoms with Crippen molar-refractivity contribution in [3.8, 4) is 6.07 Å². The first-order valence-corrected chi connectivity index (χ1v) is 7.64. The summed E-state index contributed by atoms with van der Waals surface area (Å²) in [6, 6.07) is 7.71. The fourth-order valence-corrected chi connectivity index (χ4v) is 3.32. The van der Waals surface area contributed by atoms with Gasteiger partial charge in [-0.2, -0.15) is 5.26 Å². The van der Waals surface area contributed by atoms with Gasteiger partial charge < -0.3 is 14.3 Å². The van der Waals surface area contributed by atoms with E-state index in [2.05, 4.69) is 11.1 Å². The predicted molar refractivity (Wildman–Crippen MR) is 87.9 cm³/mol. The molecule has 0 aliphatic carbocycles. The van der Waals surface area contributed by atoms with Crippen LogP contribution in [0.15, 0.2) is 29.3 Å². The molecule has 4 atom stereocenters. The minimum Gasteiger partial charge on any atom is -0.469 e. The lowest BCUT2D eigenvalue weighted by molar-refractivity contribution is -0.151. The topological polar surface area (TPSA) is 106 Å². The molecule has 0 spiro atoms. The van der Waals surface area contributed by atoms with Crippen molar-refractivity contribution < 1.29 is 23.9 Å². The van der Waals surface area contributed by atoms with Crippen LogP contribution in [0.1, 0.15) is 24.0 Å². The second-order valence-corrected chi connectivity index (χ2v) is 5.67. The molecule has 7 heteroatoms. The number of methoxy groups -OCH3 is 2. The molecule has 130 valence electrons. The SMILES string of the molecule is COC(=O)C1C(C)=NC(C=O)C(C(=O)OC)C1c1ccccc1C#N. The smallest absolute Gasteiger partial charge is 0.315 e. The quantitative estimate of drug-likeness (QED) is 0.602. The zero-order valence-corrected chi connectivity index (χ0v) is 14.1. The number of aliphatic imine (C=N–C) groups is 1. The summed E-state index contributed by atoms with van der Waals surface area (Å²) in [7, 11) is 2.44. The molecule has 0 radical (unpaired) electrons. The van der Waals surface area contributed by atoms with E-state index in [9.17, 15) is 19.6 Å². The molecule has 1 aromatic rings. The Bertz CT molecular complexity index is 765. The van der Waals surface area contributed by atoms with E-state index in [-0.39, 0.29) is 0 Å². The van der Waals surface area contributed by atoms with Crippen LogP contribution < -0.4 is 0 Å². The Hall–Kier alpha value is -3.01. The van der Waals surface area contributed by atoms with E-state index < -0.39 is 35.7 Å². The van der Waals surface area contributed by atoms with Gasteiger partial charge in [-0.1, -0.05) is 18.2 Å². The van der Waals surface area contributed by atoms with Crippen molar-refractivity contribution in [3.05, 3.63) is 35.4 Å². The van der Waals surface area contributed by atoms with Crippen molar-refractivity contribution in [1.82, 2.24) is 0 Å². The van der Waals surface area contributed by atoms with Crippen LogP contribution in [0, 0.1) is 23.2 Å². The number of esters is 2. The Labute approximate surface area is 145 Å². The summed E-state index contributed by atoms with van der Waals surface area (Å²) in [5.74, 6) is -3.95. The third kappa shape index (κ3) is 3.29.